The first-order valence-electron chi connectivity index (χ1n) is 4.90. The summed E-state index contributed by atoms with van der Waals surface area (Å²) in [6, 6.07) is 3.21. The molecule has 0 fully saturated rings. The lowest BCUT2D eigenvalue weighted by atomic mass is 10.3. The number of pyridine rings is 1. The van der Waals surface area contributed by atoms with Gasteiger partial charge in [0, 0.05) is 37.8 Å². The fraction of sp³-hybridized carbons (Fsp3) is 0.300. The van der Waals surface area contributed by atoms with Crippen LogP contribution in [0.3, 0.4) is 0 Å². The zero-order valence-corrected chi connectivity index (χ0v) is 8.88. The predicted molar refractivity (Wildman–Crippen MR) is 57.7 cm³/mol. The van der Waals surface area contributed by atoms with E-state index in [9.17, 15) is 4.79 Å². The van der Waals surface area contributed by atoms with Gasteiger partial charge in [-0.05, 0) is 6.07 Å². The van der Waals surface area contributed by atoms with Crippen molar-refractivity contribution in [2.45, 2.75) is 6.42 Å². The van der Waals surface area contributed by atoms with Crippen LogP contribution in [0.4, 0.5) is 0 Å². The Morgan fingerprint density at radius 2 is 2.31 bits per heavy atom. The summed E-state index contributed by atoms with van der Waals surface area (Å²) >= 11 is 0. The van der Waals surface area contributed by atoms with E-state index in [2.05, 4.69) is 10.2 Å². The smallest absolute Gasteiger partial charge is 0.251 e. The number of nitrogens with zero attached hydrogens (tertiary/aromatic N) is 3. The fourth-order valence-electron chi connectivity index (χ4n) is 1.28. The van der Waals surface area contributed by atoms with E-state index in [1.54, 1.807) is 19.3 Å². The summed E-state index contributed by atoms with van der Waals surface area (Å²) in [7, 11) is 1.68. The second kappa shape index (κ2) is 4.28. The molecule has 0 aromatic carbocycles. The maximum Gasteiger partial charge on any atom is 0.251 e. The van der Waals surface area contributed by atoms with Crippen LogP contribution in [-0.2, 0) is 13.5 Å². The Hall–Kier alpha value is -1.95. The summed E-state index contributed by atoms with van der Waals surface area (Å²) in [6.07, 6.45) is 2.20. The van der Waals surface area contributed by atoms with Crippen molar-refractivity contribution in [3.05, 3.63) is 34.6 Å². The van der Waals surface area contributed by atoms with Gasteiger partial charge in [0.15, 0.2) is 0 Å². The number of hydrogen-bond acceptors (Lipinski definition) is 5. The minimum atomic E-state index is -0.115. The minimum Gasteiger partial charge on any atom is -0.421 e. The zero-order chi connectivity index (χ0) is 11.5. The second-order valence-corrected chi connectivity index (χ2v) is 3.40. The van der Waals surface area contributed by atoms with Crippen LogP contribution in [0.2, 0.25) is 0 Å². The van der Waals surface area contributed by atoms with E-state index in [4.69, 9.17) is 10.2 Å². The lowest BCUT2D eigenvalue weighted by Gasteiger charge is -1.97. The Morgan fingerprint density at radius 3 is 3.00 bits per heavy atom. The van der Waals surface area contributed by atoms with Crippen LogP contribution in [-0.4, -0.2) is 21.3 Å². The van der Waals surface area contributed by atoms with Gasteiger partial charge < -0.3 is 14.7 Å². The number of aryl methyl sites for hydroxylation is 1. The lowest BCUT2D eigenvalue weighted by molar-refractivity contribution is 0.507. The molecular weight excluding hydrogens is 208 g/mol. The number of nitrogens with two attached hydrogens (primary N) is 1. The molecule has 2 rings (SSSR count). The Kier molecular flexibility index (Phi) is 2.82. The molecular formula is C10H12N4O2. The molecule has 6 heteroatoms. The van der Waals surface area contributed by atoms with E-state index in [0.29, 0.717) is 30.3 Å². The molecule has 6 nitrogen and oxygen atoms in total. The number of rotatable bonds is 3. The molecule has 0 aliphatic carbocycles. The van der Waals surface area contributed by atoms with Crippen molar-refractivity contribution in [1.82, 2.24) is 14.8 Å². The van der Waals surface area contributed by atoms with E-state index >= 15 is 0 Å². The van der Waals surface area contributed by atoms with Gasteiger partial charge in [-0.1, -0.05) is 0 Å². The highest BCUT2D eigenvalue weighted by Gasteiger charge is 2.08. The van der Waals surface area contributed by atoms with Crippen LogP contribution in [0.5, 0.6) is 0 Å². The predicted octanol–water partition coefficient (Wildman–Crippen LogP) is -0.0635. The number of aromatic nitrogens is 3. The maximum absolute atomic E-state index is 11.4. The summed E-state index contributed by atoms with van der Waals surface area (Å²) in [5, 5.41) is 7.68. The van der Waals surface area contributed by atoms with Gasteiger partial charge in [-0.3, -0.25) is 4.79 Å². The molecule has 0 saturated carbocycles. The monoisotopic (exact) mass is 220 g/mol. The van der Waals surface area contributed by atoms with E-state index in [0.717, 1.165) is 0 Å². The summed E-state index contributed by atoms with van der Waals surface area (Å²) < 4.78 is 6.83. The minimum absolute atomic E-state index is 0.115. The van der Waals surface area contributed by atoms with Crippen LogP contribution in [0.1, 0.15) is 5.89 Å². The maximum atomic E-state index is 11.4. The molecule has 0 amide bonds. The Labute approximate surface area is 91.7 Å². The molecule has 0 atom stereocenters. The van der Waals surface area contributed by atoms with Crippen LogP contribution < -0.4 is 11.3 Å². The first kappa shape index (κ1) is 10.6. The van der Waals surface area contributed by atoms with Gasteiger partial charge in [-0.2, -0.15) is 0 Å². The average Bonchev–Trinajstić information content (AvgIpc) is 2.71. The number of hydrogen-bond donors (Lipinski definition) is 1. The molecule has 0 aliphatic heterocycles. The van der Waals surface area contributed by atoms with Crippen molar-refractivity contribution in [2.24, 2.45) is 12.8 Å². The molecule has 2 aromatic rings. The summed E-state index contributed by atoms with van der Waals surface area (Å²) in [6.45, 7) is 0.457. The molecule has 2 heterocycles. The van der Waals surface area contributed by atoms with Gasteiger partial charge in [-0.25, -0.2) is 0 Å². The van der Waals surface area contributed by atoms with Gasteiger partial charge in [0.1, 0.15) is 0 Å². The Bertz CT molecular complexity index is 544. The first-order chi connectivity index (χ1) is 7.70. The summed E-state index contributed by atoms with van der Waals surface area (Å²) in [5.41, 5.74) is 5.88. The molecule has 0 saturated heterocycles. The lowest BCUT2D eigenvalue weighted by Crippen LogP contribution is -2.14. The van der Waals surface area contributed by atoms with E-state index < -0.39 is 0 Å². The average molecular weight is 220 g/mol. The van der Waals surface area contributed by atoms with Crippen molar-refractivity contribution in [3.8, 4) is 11.5 Å². The molecule has 0 radical (unpaired) electrons. The van der Waals surface area contributed by atoms with Crippen LogP contribution >= 0.6 is 0 Å². The quantitative estimate of drug-likeness (QED) is 0.782. The SMILES string of the molecule is Cn1ccc(-c2nnc(CCN)o2)cc1=O. The van der Waals surface area contributed by atoms with E-state index in [1.807, 2.05) is 0 Å². The normalized spacial score (nSPS) is 10.6. The highest BCUT2D eigenvalue weighted by Crippen LogP contribution is 2.15. The van der Waals surface area contributed by atoms with E-state index in [1.165, 1.54) is 10.6 Å². The third-order valence-corrected chi connectivity index (χ3v) is 2.18. The summed E-state index contributed by atoms with van der Waals surface area (Å²) in [4.78, 5) is 11.4. The van der Waals surface area contributed by atoms with Gasteiger partial charge in [-0.15, -0.1) is 10.2 Å². The third kappa shape index (κ3) is 2.01. The topological polar surface area (TPSA) is 86.9 Å². The van der Waals surface area contributed by atoms with Gasteiger partial charge in [0.2, 0.25) is 11.8 Å². The largest absolute Gasteiger partial charge is 0.421 e. The molecule has 0 spiro atoms. The Balaban J connectivity index is 2.35. The van der Waals surface area contributed by atoms with Crippen LogP contribution in [0.25, 0.3) is 11.5 Å². The second-order valence-electron chi connectivity index (χ2n) is 3.40. The van der Waals surface area contributed by atoms with Crippen molar-refractivity contribution in [2.75, 3.05) is 6.54 Å². The molecule has 0 aliphatic rings. The molecule has 0 bridgehead atoms. The molecule has 2 aromatic heterocycles. The zero-order valence-electron chi connectivity index (χ0n) is 8.88. The first-order valence-corrected chi connectivity index (χ1v) is 4.90. The molecule has 0 unspecified atom stereocenters. The van der Waals surface area contributed by atoms with Crippen LogP contribution in [0.15, 0.2) is 27.5 Å². The van der Waals surface area contributed by atoms with Gasteiger partial charge in [0.25, 0.3) is 5.56 Å². The Morgan fingerprint density at radius 1 is 1.50 bits per heavy atom. The summed E-state index contributed by atoms with van der Waals surface area (Å²) in [5.74, 6) is 0.833. The van der Waals surface area contributed by atoms with Crippen molar-refractivity contribution >= 4 is 0 Å². The standard InChI is InChI=1S/C10H12N4O2/c1-14-5-3-7(6-9(14)15)10-13-12-8(16-10)2-4-11/h3,5-6H,2,4,11H2,1H3. The highest BCUT2D eigenvalue weighted by atomic mass is 16.4. The molecule has 16 heavy (non-hydrogen) atoms. The molecule has 84 valence electrons. The van der Waals surface area contributed by atoms with Crippen molar-refractivity contribution < 1.29 is 4.42 Å². The third-order valence-electron chi connectivity index (χ3n) is 2.18. The van der Waals surface area contributed by atoms with Crippen molar-refractivity contribution in [3.63, 3.8) is 0 Å². The van der Waals surface area contributed by atoms with E-state index in [-0.39, 0.29) is 5.56 Å². The van der Waals surface area contributed by atoms with Gasteiger partial charge >= 0.3 is 0 Å². The van der Waals surface area contributed by atoms with Crippen molar-refractivity contribution in [1.29, 1.82) is 0 Å². The molecule has 2 N–H and O–H groups in total. The van der Waals surface area contributed by atoms with Crippen LogP contribution in [0, 0.1) is 0 Å². The fourth-order valence-corrected chi connectivity index (χ4v) is 1.28. The highest BCUT2D eigenvalue weighted by molar-refractivity contribution is 5.50. The van der Waals surface area contributed by atoms with Gasteiger partial charge in [0.05, 0.1) is 0 Å².